The Hall–Kier alpha value is -0.940. The molecule has 0 saturated heterocycles. The molecule has 1 aromatic heterocycles. The van der Waals surface area contributed by atoms with Crippen molar-refractivity contribution in [2.45, 2.75) is 52.1 Å². The highest BCUT2D eigenvalue weighted by molar-refractivity contribution is 4.97. The van der Waals surface area contributed by atoms with Gasteiger partial charge < -0.3 is 4.52 Å². The molecular formula is C12H21N3O2. The van der Waals surface area contributed by atoms with Crippen LogP contribution in [0.4, 0.5) is 0 Å². The van der Waals surface area contributed by atoms with Crippen molar-refractivity contribution in [2.75, 3.05) is 0 Å². The second-order valence-electron chi connectivity index (χ2n) is 5.21. The highest BCUT2D eigenvalue weighted by atomic mass is 16.6. The van der Waals surface area contributed by atoms with Gasteiger partial charge in [-0.1, -0.05) is 19.0 Å². The van der Waals surface area contributed by atoms with Gasteiger partial charge in [-0.15, -0.1) is 0 Å². The predicted octanol–water partition coefficient (Wildman–Crippen LogP) is 2.39. The zero-order valence-corrected chi connectivity index (χ0v) is 10.6. The fourth-order valence-corrected chi connectivity index (χ4v) is 2.61. The first-order chi connectivity index (χ1) is 8.20. The molecule has 2 N–H and O–H groups in total. The maximum absolute atomic E-state index is 5.07. The van der Waals surface area contributed by atoms with Crippen LogP contribution in [0.5, 0.6) is 0 Å². The van der Waals surface area contributed by atoms with Crippen LogP contribution in [0.1, 0.15) is 57.2 Å². The Morgan fingerprint density at radius 3 is 2.65 bits per heavy atom. The zero-order valence-electron chi connectivity index (χ0n) is 10.6. The Morgan fingerprint density at radius 1 is 1.35 bits per heavy atom. The van der Waals surface area contributed by atoms with Crippen molar-refractivity contribution < 1.29 is 9.36 Å². The SMILES string of the molecule is CC(C)C1CCC(c2noc(CON)n2)CC1. The minimum Gasteiger partial charge on any atom is -0.337 e. The van der Waals surface area contributed by atoms with Gasteiger partial charge in [0.2, 0.25) is 0 Å². The Labute approximate surface area is 102 Å². The van der Waals surface area contributed by atoms with E-state index in [-0.39, 0.29) is 6.61 Å². The van der Waals surface area contributed by atoms with Gasteiger partial charge in [-0.2, -0.15) is 4.98 Å². The molecular weight excluding hydrogens is 218 g/mol. The van der Waals surface area contributed by atoms with Crippen LogP contribution >= 0.6 is 0 Å². The van der Waals surface area contributed by atoms with Crippen molar-refractivity contribution in [1.82, 2.24) is 10.1 Å². The van der Waals surface area contributed by atoms with Crippen molar-refractivity contribution >= 4 is 0 Å². The molecule has 1 aromatic rings. The third-order valence-corrected chi connectivity index (χ3v) is 3.77. The molecule has 5 heteroatoms. The van der Waals surface area contributed by atoms with Crippen LogP contribution in [0.25, 0.3) is 0 Å². The van der Waals surface area contributed by atoms with Crippen LogP contribution < -0.4 is 5.90 Å². The number of hydrogen-bond donors (Lipinski definition) is 1. The minimum absolute atomic E-state index is 0.189. The van der Waals surface area contributed by atoms with E-state index in [1.165, 1.54) is 12.8 Å². The molecule has 0 aliphatic heterocycles. The van der Waals surface area contributed by atoms with Crippen LogP contribution in [0.15, 0.2) is 4.52 Å². The number of nitrogens with two attached hydrogens (primary N) is 1. The maximum Gasteiger partial charge on any atom is 0.254 e. The predicted molar refractivity (Wildman–Crippen MR) is 62.8 cm³/mol. The van der Waals surface area contributed by atoms with Crippen LogP contribution in [-0.4, -0.2) is 10.1 Å². The Kier molecular flexibility index (Phi) is 4.12. The number of aromatic nitrogens is 2. The molecule has 0 amide bonds. The van der Waals surface area contributed by atoms with E-state index in [0.29, 0.717) is 11.8 Å². The number of hydrogen-bond acceptors (Lipinski definition) is 5. The van der Waals surface area contributed by atoms with Crippen molar-refractivity contribution in [3.8, 4) is 0 Å². The summed E-state index contributed by atoms with van der Waals surface area (Å²) in [5.74, 6) is 8.33. The lowest BCUT2D eigenvalue weighted by Gasteiger charge is -2.29. The van der Waals surface area contributed by atoms with Gasteiger partial charge in [0.1, 0.15) is 6.61 Å². The molecule has 2 rings (SSSR count). The van der Waals surface area contributed by atoms with Crippen molar-refractivity contribution in [1.29, 1.82) is 0 Å². The molecule has 0 radical (unpaired) electrons. The molecule has 0 spiro atoms. The Bertz CT molecular complexity index is 343. The van der Waals surface area contributed by atoms with Crippen molar-refractivity contribution in [3.05, 3.63) is 11.7 Å². The first-order valence-electron chi connectivity index (χ1n) is 6.35. The molecule has 96 valence electrons. The van der Waals surface area contributed by atoms with E-state index < -0.39 is 0 Å². The third-order valence-electron chi connectivity index (χ3n) is 3.77. The van der Waals surface area contributed by atoms with Crippen LogP contribution in [-0.2, 0) is 11.4 Å². The smallest absolute Gasteiger partial charge is 0.254 e. The highest BCUT2D eigenvalue weighted by Crippen LogP contribution is 2.37. The topological polar surface area (TPSA) is 74.2 Å². The summed E-state index contributed by atoms with van der Waals surface area (Å²) in [4.78, 5) is 8.79. The van der Waals surface area contributed by atoms with E-state index in [1.807, 2.05) is 0 Å². The van der Waals surface area contributed by atoms with Gasteiger partial charge in [0, 0.05) is 5.92 Å². The summed E-state index contributed by atoms with van der Waals surface area (Å²) in [6.07, 6.45) is 4.84. The fraction of sp³-hybridized carbons (Fsp3) is 0.833. The lowest BCUT2D eigenvalue weighted by atomic mass is 9.77. The van der Waals surface area contributed by atoms with Crippen LogP contribution in [0.3, 0.4) is 0 Å². The highest BCUT2D eigenvalue weighted by Gasteiger charge is 2.27. The average molecular weight is 239 g/mol. The summed E-state index contributed by atoms with van der Waals surface area (Å²) in [5, 5.41) is 4.01. The van der Waals surface area contributed by atoms with E-state index >= 15 is 0 Å². The third kappa shape index (κ3) is 3.04. The monoisotopic (exact) mass is 239 g/mol. The maximum atomic E-state index is 5.07. The van der Waals surface area contributed by atoms with Gasteiger partial charge >= 0.3 is 0 Å². The van der Waals surface area contributed by atoms with E-state index in [0.717, 1.165) is 30.5 Å². The molecule has 1 aliphatic rings. The summed E-state index contributed by atoms with van der Waals surface area (Å²) >= 11 is 0. The molecule has 0 bridgehead atoms. The fourth-order valence-electron chi connectivity index (χ4n) is 2.61. The van der Waals surface area contributed by atoms with Gasteiger partial charge in [-0.05, 0) is 37.5 Å². The van der Waals surface area contributed by atoms with Gasteiger partial charge in [-0.25, -0.2) is 5.90 Å². The van der Waals surface area contributed by atoms with Crippen LogP contribution in [0, 0.1) is 11.8 Å². The summed E-state index contributed by atoms with van der Waals surface area (Å²) in [6.45, 7) is 4.79. The molecule has 17 heavy (non-hydrogen) atoms. The summed E-state index contributed by atoms with van der Waals surface area (Å²) in [5.41, 5.74) is 0. The minimum atomic E-state index is 0.189. The first kappa shape index (κ1) is 12.5. The summed E-state index contributed by atoms with van der Waals surface area (Å²) < 4.78 is 5.07. The molecule has 0 aromatic carbocycles. The summed E-state index contributed by atoms with van der Waals surface area (Å²) in [7, 11) is 0. The lowest BCUT2D eigenvalue weighted by molar-refractivity contribution is 0.0995. The van der Waals surface area contributed by atoms with Gasteiger partial charge in [0.15, 0.2) is 5.82 Å². The van der Waals surface area contributed by atoms with Gasteiger partial charge in [-0.3, -0.25) is 4.84 Å². The van der Waals surface area contributed by atoms with E-state index in [2.05, 4.69) is 28.8 Å². The lowest BCUT2D eigenvalue weighted by Crippen LogP contribution is -2.18. The van der Waals surface area contributed by atoms with Crippen molar-refractivity contribution in [2.24, 2.45) is 17.7 Å². The van der Waals surface area contributed by atoms with Crippen LogP contribution in [0.2, 0.25) is 0 Å². The molecule has 0 unspecified atom stereocenters. The Balaban J connectivity index is 1.91. The van der Waals surface area contributed by atoms with E-state index in [4.69, 9.17) is 10.4 Å². The quantitative estimate of drug-likeness (QED) is 0.816. The molecule has 1 saturated carbocycles. The number of rotatable bonds is 4. The largest absolute Gasteiger partial charge is 0.337 e. The number of nitrogens with zero attached hydrogens (tertiary/aromatic N) is 2. The van der Waals surface area contributed by atoms with Gasteiger partial charge in [0.05, 0.1) is 0 Å². The molecule has 1 aliphatic carbocycles. The molecule has 1 fully saturated rings. The molecule has 1 heterocycles. The second kappa shape index (κ2) is 5.60. The normalized spacial score (nSPS) is 25.4. The first-order valence-corrected chi connectivity index (χ1v) is 6.35. The van der Waals surface area contributed by atoms with E-state index in [1.54, 1.807) is 0 Å². The second-order valence-corrected chi connectivity index (χ2v) is 5.21. The standard InChI is InChI=1S/C12H21N3O2/c1-8(2)9-3-5-10(6-4-9)12-14-11(7-16-13)17-15-12/h8-10H,3-7,13H2,1-2H3. The van der Waals surface area contributed by atoms with Gasteiger partial charge in [0.25, 0.3) is 5.89 Å². The zero-order chi connectivity index (χ0) is 12.3. The Morgan fingerprint density at radius 2 is 2.06 bits per heavy atom. The summed E-state index contributed by atoms with van der Waals surface area (Å²) in [6, 6.07) is 0. The molecule has 0 atom stereocenters. The average Bonchev–Trinajstić information content (AvgIpc) is 2.78. The van der Waals surface area contributed by atoms with Crippen molar-refractivity contribution in [3.63, 3.8) is 0 Å². The van der Waals surface area contributed by atoms with E-state index in [9.17, 15) is 0 Å². The molecule has 5 nitrogen and oxygen atoms in total.